The van der Waals surface area contributed by atoms with E-state index in [1.807, 2.05) is 18.3 Å². The van der Waals surface area contributed by atoms with Crippen LogP contribution in [0, 0.1) is 11.7 Å². The van der Waals surface area contributed by atoms with E-state index in [0.717, 1.165) is 53.4 Å². The number of pyridine rings is 1. The molecule has 2 atom stereocenters. The Morgan fingerprint density at radius 2 is 1.85 bits per heavy atom. The van der Waals surface area contributed by atoms with Gasteiger partial charge in [0.2, 0.25) is 0 Å². The maximum Gasteiger partial charge on any atom is 0.328 e. The van der Waals surface area contributed by atoms with E-state index in [9.17, 15) is 9.18 Å². The zero-order valence-corrected chi connectivity index (χ0v) is 19.4. The van der Waals surface area contributed by atoms with Gasteiger partial charge in [-0.3, -0.25) is 4.98 Å². The van der Waals surface area contributed by atoms with E-state index in [-0.39, 0.29) is 11.7 Å². The van der Waals surface area contributed by atoms with Crippen LogP contribution >= 0.6 is 0 Å². The zero-order chi connectivity index (χ0) is 23.8. The molecule has 0 amide bonds. The molecule has 0 bridgehead atoms. The van der Waals surface area contributed by atoms with Crippen molar-refractivity contribution < 1.29 is 13.9 Å². The number of rotatable bonds is 5. The number of imidazole rings is 1. The molecule has 2 aromatic carbocycles. The zero-order valence-electron chi connectivity index (χ0n) is 19.4. The number of aromatic amines is 1. The highest BCUT2D eigenvalue weighted by molar-refractivity contribution is 5.83. The van der Waals surface area contributed by atoms with Gasteiger partial charge in [0.25, 0.3) is 0 Å². The second-order valence-corrected chi connectivity index (χ2v) is 9.47. The molecule has 1 saturated carbocycles. The summed E-state index contributed by atoms with van der Waals surface area (Å²) in [6, 6.07) is 11.6. The fourth-order valence-corrected chi connectivity index (χ4v) is 5.15. The van der Waals surface area contributed by atoms with Gasteiger partial charge >= 0.3 is 5.97 Å². The van der Waals surface area contributed by atoms with Crippen molar-refractivity contribution in [2.75, 3.05) is 0 Å². The molecule has 5 rings (SSSR count). The normalized spacial score (nSPS) is 20.4. The van der Waals surface area contributed by atoms with E-state index in [2.05, 4.69) is 16.9 Å². The van der Waals surface area contributed by atoms with Crippen LogP contribution in [-0.2, 0) is 4.79 Å². The van der Waals surface area contributed by atoms with Gasteiger partial charge in [-0.2, -0.15) is 0 Å². The molecule has 176 valence electrons. The van der Waals surface area contributed by atoms with Crippen LogP contribution in [-0.4, -0.2) is 27.0 Å². The van der Waals surface area contributed by atoms with Crippen LogP contribution in [0.25, 0.3) is 21.9 Å². The van der Waals surface area contributed by atoms with Gasteiger partial charge in [0.1, 0.15) is 23.4 Å². The lowest BCUT2D eigenvalue weighted by Crippen LogP contribution is -2.30. The number of benzene rings is 2. The van der Waals surface area contributed by atoms with Crippen molar-refractivity contribution in [1.82, 2.24) is 15.0 Å². The van der Waals surface area contributed by atoms with Crippen LogP contribution in [0.3, 0.4) is 0 Å². The maximum absolute atomic E-state index is 13.9. The highest BCUT2D eigenvalue weighted by atomic mass is 19.1. The molecule has 0 aliphatic heterocycles. The fraction of sp³-hybridized carbons (Fsp3) is 0.370. The lowest BCUT2D eigenvalue weighted by atomic mass is 9.73. The number of halogens is 1. The van der Waals surface area contributed by atoms with E-state index < -0.39 is 12.0 Å². The third kappa shape index (κ3) is 4.40. The SMILES string of the molecule is CC(c1nc2ccc(OC(=O)[C@H](C)N)cc2[nH]1)C1CCC(c2ccnc3ccc(F)cc23)CC1. The predicted octanol–water partition coefficient (Wildman–Crippen LogP) is 5.58. The minimum absolute atomic E-state index is 0.218. The Labute approximate surface area is 197 Å². The highest BCUT2D eigenvalue weighted by Gasteiger charge is 2.29. The van der Waals surface area contributed by atoms with Crippen molar-refractivity contribution in [3.63, 3.8) is 0 Å². The van der Waals surface area contributed by atoms with Crippen LogP contribution in [0.15, 0.2) is 48.7 Å². The number of carbonyl (C=O) groups excluding carboxylic acids is 1. The molecule has 1 aliphatic carbocycles. The molecular formula is C27H29FN4O2. The average molecular weight is 461 g/mol. The number of esters is 1. The second kappa shape index (κ2) is 9.14. The number of H-pyrrole nitrogens is 1. The van der Waals surface area contributed by atoms with E-state index in [4.69, 9.17) is 15.5 Å². The highest BCUT2D eigenvalue weighted by Crippen LogP contribution is 2.43. The lowest BCUT2D eigenvalue weighted by Gasteiger charge is -2.32. The number of nitrogens with two attached hydrogens (primary N) is 1. The molecular weight excluding hydrogens is 431 g/mol. The number of hydrogen-bond acceptors (Lipinski definition) is 5. The van der Waals surface area contributed by atoms with Crippen LogP contribution < -0.4 is 10.5 Å². The smallest absolute Gasteiger partial charge is 0.328 e. The molecule has 6 nitrogen and oxygen atoms in total. The molecule has 1 fully saturated rings. The Kier molecular flexibility index (Phi) is 6.04. The molecule has 1 aliphatic rings. The summed E-state index contributed by atoms with van der Waals surface area (Å²) >= 11 is 0. The summed E-state index contributed by atoms with van der Waals surface area (Å²) in [7, 11) is 0. The first-order chi connectivity index (χ1) is 16.4. The summed E-state index contributed by atoms with van der Waals surface area (Å²) < 4.78 is 19.2. The van der Waals surface area contributed by atoms with Crippen LogP contribution in [0.1, 0.15) is 62.8 Å². The average Bonchev–Trinajstić information content (AvgIpc) is 3.26. The van der Waals surface area contributed by atoms with Crippen molar-refractivity contribution in [3.8, 4) is 5.75 Å². The lowest BCUT2D eigenvalue weighted by molar-refractivity contribution is -0.135. The van der Waals surface area contributed by atoms with Crippen LogP contribution in [0.5, 0.6) is 5.75 Å². The number of ether oxygens (including phenoxy) is 1. The van der Waals surface area contributed by atoms with Crippen LogP contribution in [0.2, 0.25) is 0 Å². The molecule has 0 spiro atoms. The Bertz CT molecular complexity index is 1340. The van der Waals surface area contributed by atoms with Crippen molar-refractivity contribution in [2.24, 2.45) is 11.7 Å². The van der Waals surface area contributed by atoms with Gasteiger partial charge in [0.05, 0.1) is 16.6 Å². The molecule has 0 radical (unpaired) electrons. The third-order valence-corrected chi connectivity index (χ3v) is 7.15. The predicted molar refractivity (Wildman–Crippen MR) is 130 cm³/mol. The maximum atomic E-state index is 13.9. The summed E-state index contributed by atoms with van der Waals surface area (Å²) in [4.78, 5) is 24.4. The minimum Gasteiger partial charge on any atom is -0.425 e. The number of fused-ring (bicyclic) bond motifs is 2. The van der Waals surface area contributed by atoms with Gasteiger partial charge < -0.3 is 15.5 Å². The Morgan fingerprint density at radius 3 is 2.62 bits per heavy atom. The van der Waals surface area contributed by atoms with Gasteiger partial charge in [-0.15, -0.1) is 0 Å². The number of hydrogen-bond donors (Lipinski definition) is 2. The number of nitrogens with zero attached hydrogens (tertiary/aromatic N) is 2. The number of nitrogens with one attached hydrogen (secondary N) is 1. The van der Waals surface area contributed by atoms with Gasteiger partial charge in [-0.05, 0) is 86.4 Å². The standard InChI is InChI=1S/C27H29FN4O2/c1-15(26-31-24-10-8-20(14-25(24)32-26)34-27(33)16(2)29)17-3-5-18(6-4-17)21-11-12-30-23-9-7-19(28)13-22(21)23/h7-18H,3-6,29H2,1-2H3,(H,31,32)/t15?,16-,17?,18?/m0/s1. The summed E-state index contributed by atoms with van der Waals surface area (Å²) in [5.74, 6) is 1.92. The quantitative estimate of drug-likeness (QED) is 0.299. The van der Waals surface area contributed by atoms with Crippen molar-refractivity contribution in [3.05, 3.63) is 65.9 Å². The third-order valence-electron chi connectivity index (χ3n) is 7.15. The molecule has 3 N–H and O–H groups in total. The topological polar surface area (TPSA) is 93.9 Å². The molecule has 2 heterocycles. The summed E-state index contributed by atoms with van der Waals surface area (Å²) in [5.41, 5.74) is 9.33. The van der Waals surface area contributed by atoms with Crippen LogP contribution in [0.4, 0.5) is 4.39 Å². The Morgan fingerprint density at radius 1 is 1.09 bits per heavy atom. The Balaban J connectivity index is 1.29. The van der Waals surface area contributed by atoms with Crippen molar-refractivity contribution in [1.29, 1.82) is 0 Å². The van der Waals surface area contributed by atoms with Crippen molar-refractivity contribution in [2.45, 2.75) is 57.4 Å². The van der Waals surface area contributed by atoms with E-state index >= 15 is 0 Å². The van der Waals surface area contributed by atoms with Gasteiger partial charge in [-0.25, -0.2) is 14.2 Å². The van der Waals surface area contributed by atoms with E-state index in [1.165, 1.54) is 11.6 Å². The molecule has 1 unspecified atom stereocenters. The fourth-order valence-electron chi connectivity index (χ4n) is 5.15. The largest absolute Gasteiger partial charge is 0.425 e. The number of aromatic nitrogens is 3. The van der Waals surface area contributed by atoms with E-state index in [0.29, 0.717) is 17.6 Å². The monoisotopic (exact) mass is 460 g/mol. The molecule has 2 aromatic heterocycles. The first kappa shape index (κ1) is 22.5. The molecule has 0 saturated heterocycles. The van der Waals surface area contributed by atoms with Gasteiger partial charge in [0.15, 0.2) is 0 Å². The summed E-state index contributed by atoms with van der Waals surface area (Å²) in [6.07, 6.45) is 6.11. The van der Waals surface area contributed by atoms with E-state index in [1.54, 1.807) is 31.2 Å². The molecule has 4 aromatic rings. The first-order valence-electron chi connectivity index (χ1n) is 11.9. The molecule has 34 heavy (non-hydrogen) atoms. The summed E-state index contributed by atoms with van der Waals surface area (Å²) in [6.45, 7) is 3.82. The van der Waals surface area contributed by atoms with Gasteiger partial charge in [-0.1, -0.05) is 6.92 Å². The second-order valence-electron chi connectivity index (χ2n) is 9.47. The molecule has 7 heteroatoms. The first-order valence-corrected chi connectivity index (χ1v) is 11.9. The number of carbonyl (C=O) groups is 1. The Hall–Kier alpha value is -3.32. The van der Waals surface area contributed by atoms with Crippen molar-refractivity contribution >= 4 is 27.9 Å². The van der Waals surface area contributed by atoms with Gasteiger partial charge in [0, 0.05) is 23.6 Å². The minimum atomic E-state index is -0.674. The summed E-state index contributed by atoms with van der Waals surface area (Å²) in [5, 5.41) is 0.928.